The molecule has 0 unspecified atom stereocenters. The number of ether oxygens (including phenoxy) is 1. The molecule has 2 aromatic carbocycles. The van der Waals surface area contributed by atoms with Crippen LogP contribution >= 0.6 is 0 Å². The Balaban J connectivity index is 1.96. The lowest BCUT2D eigenvalue weighted by Crippen LogP contribution is -2.25. The first-order chi connectivity index (χ1) is 12.5. The van der Waals surface area contributed by atoms with Crippen LogP contribution in [0.1, 0.15) is 26.3 Å². The highest BCUT2D eigenvalue weighted by atomic mass is 32.2. The van der Waals surface area contributed by atoms with Crippen molar-refractivity contribution in [2.24, 2.45) is 0 Å². The molecule has 0 atom stereocenters. The van der Waals surface area contributed by atoms with E-state index in [0.717, 1.165) is 10.6 Å². The molecule has 2 rings (SSSR count). The molecule has 0 aromatic heterocycles. The summed E-state index contributed by atoms with van der Waals surface area (Å²) in [6.45, 7) is 6.25. The first-order valence-corrected chi connectivity index (χ1v) is 10.4. The second-order valence-electron chi connectivity index (χ2n) is 7.39. The molecule has 7 heteroatoms. The number of hydrogen-bond acceptors (Lipinski definition) is 4. The smallest absolute Gasteiger partial charge is 0.262 e. The number of nitrogens with zero attached hydrogens (tertiary/aromatic N) is 1. The van der Waals surface area contributed by atoms with E-state index in [0.29, 0.717) is 17.1 Å². The Kier molecular flexibility index (Phi) is 6.15. The van der Waals surface area contributed by atoms with Crippen molar-refractivity contribution in [3.05, 3.63) is 54.1 Å². The fourth-order valence-corrected chi connectivity index (χ4v) is 2.86. The summed E-state index contributed by atoms with van der Waals surface area (Å²) in [4.78, 5) is 12.1. The van der Waals surface area contributed by atoms with Crippen molar-refractivity contribution < 1.29 is 17.9 Å². The SMILES string of the molecule is CN(c1cccc(NC(=O)COc2ccc(C(C)(C)C)cc2)c1)S(C)(=O)=O. The number of sulfonamides is 1. The van der Waals surface area contributed by atoms with Crippen molar-refractivity contribution in [2.45, 2.75) is 26.2 Å². The highest BCUT2D eigenvalue weighted by Gasteiger charge is 2.14. The monoisotopic (exact) mass is 390 g/mol. The molecule has 0 radical (unpaired) electrons. The molecule has 0 spiro atoms. The molecule has 1 N–H and O–H groups in total. The molecule has 146 valence electrons. The number of amides is 1. The van der Waals surface area contributed by atoms with Gasteiger partial charge < -0.3 is 10.1 Å². The van der Waals surface area contributed by atoms with Crippen LogP contribution in [-0.2, 0) is 20.2 Å². The minimum atomic E-state index is -3.37. The number of hydrogen-bond donors (Lipinski definition) is 1. The topological polar surface area (TPSA) is 75.7 Å². The van der Waals surface area contributed by atoms with Crippen molar-refractivity contribution in [3.63, 3.8) is 0 Å². The van der Waals surface area contributed by atoms with Crippen LogP contribution in [0.15, 0.2) is 48.5 Å². The summed E-state index contributed by atoms with van der Waals surface area (Å²) < 4.78 is 29.9. The highest BCUT2D eigenvalue weighted by molar-refractivity contribution is 7.92. The predicted molar refractivity (Wildman–Crippen MR) is 109 cm³/mol. The molecular weight excluding hydrogens is 364 g/mol. The molecule has 0 heterocycles. The largest absolute Gasteiger partial charge is 0.484 e. The number of nitrogens with one attached hydrogen (secondary N) is 1. The number of carbonyl (C=O) groups excluding carboxylic acids is 1. The van der Waals surface area contributed by atoms with E-state index >= 15 is 0 Å². The Morgan fingerprint density at radius 3 is 2.30 bits per heavy atom. The summed E-state index contributed by atoms with van der Waals surface area (Å²) in [5.74, 6) is 0.290. The van der Waals surface area contributed by atoms with Gasteiger partial charge in [0.1, 0.15) is 5.75 Å². The van der Waals surface area contributed by atoms with E-state index in [2.05, 4.69) is 26.1 Å². The van der Waals surface area contributed by atoms with Crippen molar-refractivity contribution in [3.8, 4) is 5.75 Å². The van der Waals surface area contributed by atoms with E-state index in [4.69, 9.17) is 4.74 Å². The van der Waals surface area contributed by atoms with Crippen LogP contribution in [0.25, 0.3) is 0 Å². The Hall–Kier alpha value is -2.54. The lowest BCUT2D eigenvalue weighted by atomic mass is 9.87. The maximum atomic E-state index is 12.1. The zero-order valence-corrected chi connectivity index (χ0v) is 17.1. The zero-order valence-electron chi connectivity index (χ0n) is 16.3. The summed E-state index contributed by atoms with van der Waals surface area (Å²) in [6.07, 6.45) is 1.12. The van der Waals surface area contributed by atoms with Gasteiger partial charge in [0.05, 0.1) is 11.9 Å². The van der Waals surface area contributed by atoms with Gasteiger partial charge >= 0.3 is 0 Å². The number of rotatable bonds is 6. The molecule has 0 aliphatic heterocycles. The first kappa shape index (κ1) is 20.8. The second-order valence-corrected chi connectivity index (χ2v) is 9.41. The maximum absolute atomic E-state index is 12.1. The third-order valence-electron chi connectivity index (χ3n) is 4.08. The predicted octanol–water partition coefficient (Wildman–Crippen LogP) is 3.40. The standard InChI is InChI=1S/C20H26N2O4S/c1-20(2,3)15-9-11-18(12-10-15)26-14-19(23)21-16-7-6-8-17(13-16)22(4)27(5,24)25/h6-13H,14H2,1-5H3,(H,21,23). The molecule has 0 saturated heterocycles. The lowest BCUT2D eigenvalue weighted by Gasteiger charge is -2.19. The molecule has 0 saturated carbocycles. The van der Waals surface area contributed by atoms with E-state index < -0.39 is 10.0 Å². The Labute approximate surface area is 161 Å². The molecule has 0 bridgehead atoms. The van der Waals surface area contributed by atoms with Crippen LogP contribution < -0.4 is 14.4 Å². The molecule has 0 aliphatic rings. The van der Waals surface area contributed by atoms with Gasteiger partial charge in [0.25, 0.3) is 5.91 Å². The van der Waals surface area contributed by atoms with E-state index in [1.807, 2.05) is 24.3 Å². The number of carbonyl (C=O) groups is 1. The Bertz CT molecular complexity index is 900. The van der Waals surface area contributed by atoms with E-state index in [1.54, 1.807) is 24.3 Å². The summed E-state index contributed by atoms with van der Waals surface area (Å²) in [5, 5.41) is 2.71. The maximum Gasteiger partial charge on any atom is 0.262 e. The van der Waals surface area contributed by atoms with Gasteiger partial charge in [0.15, 0.2) is 6.61 Å². The van der Waals surface area contributed by atoms with E-state index in [-0.39, 0.29) is 17.9 Å². The minimum absolute atomic E-state index is 0.0556. The third kappa shape index (κ3) is 5.99. The first-order valence-electron chi connectivity index (χ1n) is 8.54. The van der Waals surface area contributed by atoms with Crippen LogP contribution in [0.5, 0.6) is 5.75 Å². The van der Waals surface area contributed by atoms with Gasteiger partial charge in [-0.2, -0.15) is 0 Å². The molecular formula is C20H26N2O4S. The average Bonchev–Trinajstić information content (AvgIpc) is 2.58. The Morgan fingerprint density at radius 1 is 1.11 bits per heavy atom. The quantitative estimate of drug-likeness (QED) is 0.820. The molecule has 27 heavy (non-hydrogen) atoms. The molecule has 0 aliphatic carbocycles. The van der Waals surface area contributed by atoms with Crippen molar-refractivity contribution in [1.82, 2.24) is 0 Å². The van der Waals surface area contributed by atoms with Gasteiger partial charge in [-0.3, -0.25) is 9.10 Å². The minimum Gasteiger partial charge on any atom is -0.484 e. The summed E-state index contributed by atoms with van der Waals surface area (Å²) in [6, 6.07) is 14.3. The van der Waals surface area contributed by atoms with Gasteiger partial charge in [-0.1, -0.05) is 39.0 Å². The average molecular weight is 391 g/mol. The molecule has 2 aromatic rings. The van der Waals surface area contributed by atoms with Crippen molar-refractivity contribution in [2.75, 3.05) is 29.5 Å². The van der Waals surface area contributed by atoms with E-state index in [9.17, 15) is 13.2 Å². The third-order valence-corrected chi connectivity index (χ3v) is 5.29. The van der Waals surface area contributed by atoms with Gasteiger partial charge in [0.2, 0.25) is 10.0 Å². The van der Waals surface area contributed by atoms with Crippen LogP contribution in [0.2, 0.25) is 0 Å². The van der Waals surface area contributed by atoms with Crippen molar-refractivity contribution in [1.29, 1.82) is 0 Å². The van der Waals surface area contributed by atoms with Crippen LogP contribution in [0.3, 0.4) is 0 Å². The van der Waals surface area contributed by atoms with Gasteiger partial charge in [-0.15, -0.1) is 0 Å². The molecule has 1 amide bonds. The number of anilines is 2. The van der Waals surface area contributed by atoms with Gasteiger partial charge in [-0.05, 0) is 41.3 Å². The fraction of sp³-hybridized carbons (Fsp3) is 0.350. The van der Waals surface area contributed by atoms with Crippen LogP contribution in [-0.4, -0.2) is 34.2 Å². The van der Waals surface area contributed by atoms with Crippen molar-refractivity contribution >= 4 is 27.3 Å². The normalized spacial score (nSPS) is 11.7. The fourth-order valence-electron chi connectivity index (χ4n) is 2.37. The Morgan fingerprint density at radius 2 is 1.74 bits per heavy atom. The zero-order chi connectivity index (χ0) is 20.2. The van der Waals surface area contributed by atoms with Crippen LogP contribution in [0, 0.1) is 0 Å². The lowest BCUT2D eigenvalue weighted by molar-refractivity contribution is -0.118. The van der Waals surface area contributed by atoms with E-state index in [1.165, 1.54) is 12.6 Å². The summed E-state index contributed by atoms with van der Waals surface area (Å²) >= 11 is 0. The molecule has 6 nitrogen and oxygen atoms in total. The second kappa shape index (κ2) is 8.00. The summed E-state index contributed by atoms with van der Waals surface area (Å²) in [5.41, 5.74) is 2.21. The number of benzene rings is 2. The van der Waals surface area contributed by atoms with Crippen LogP contribution in [0.4, 0.5) is 11.4 Å². The van der Waals surface area contributed by atoms with Gasteiger partial charge in [-0.25, -0.2) is 8.42 Å². The highest BCUT2D eigenvalue weighted by Crippen LogP contribution is 2.24. The summed E-state index contributed by atoms with van der Waals surface area (Å²) in [7, 11) is -1.91. The van der Waals surface area contributed by atoms with Gasteiger partial charge in [0, 0.05) is 12.7 Å². The molecule has 0 fully saturated rings.